The summed E-state index contributed by atoms with van der Waals surface area (Å²) in [7, 11) is 0. The summed E-state index contributed by atoms with van der Waals surface area (Å²) in [6, 6.07) is 18.5. The smallest absolute Gasteiger partial charge is 0.175 e. The van der Waals surface area contributed by atoms with E-state index in [0.717, 1.165) is 39.5 Å². The number of thiol groups is 1. The minimum absolute atomic E-state index is 0.431. The first kappa shape index (κ1) is 19.1. The fraction of sp³-hybridized carbons (Fsp3) is 0.217. The Balaban J connectivity index is 2.00. The molecule has 0 radical (unpaired) electrons. The van der Waals surface area contributed by atoms with Crippen molar-refractivity contribution in [1.82, 2.24) is 14.2 Å². The summed E-state index contributed by atoms with van der Waals surface area (Å²) in [6.45, 7) is 2.48. The minimum atomic E-state index is -0.699. The molecule has 154 valence electrons. The normalized spacial score (nSPS) is 15.5. The van der Waals surface area contributed by atoms with E-state index in [1.807, 2.05) is 43.5 Å². The molecule has 2 aromatic heterocycles. The van der Waals surface area contributed by atoms with Gasteiger partial charge in [0.05, 0.1) is 29.5 Å². The molecule has 2 aromatic carbocycles. The Morgan fingerprint density at radius 2 is 1.93 bits per heavy atom. The average molecular weight is 421 g/mol. The van der Waals surface area contributed by atoms with Crippen molar-refractivity contribution in [2.45, 2.75) is 25.9 Å². The van der Waals surface area contributed by atoms with Gasteiger partial charge in [-0.05, 0) is 30.7 Å². The molecule has 3 heterocycles. The number of anilines is 1. The van der Waals surface area contributed by atoms with Crippen LogP contribution < -0.4 is 16.2 Å². The van der Waals surface area contributed by atoms with E-state index >= 15 is 0 Å². The molecule has 0 saturated heterocycles. The van der Waals surface area contributed by atoms with Gasteiger partial charge >= 0.3 is 0 Å². The Morgan fingerprint density at radius 3 is 2.80 bits per heavy atom. The number of nitrogens with zero attached hydrogens (tertiary/aromatic N) is 2. The molecule has 6 nitrogen and oxygen atoms in total. The molecule has 7 heteroatoms. The number of hydrazine groups is 1. The number of para-hydroxylation sites is 2. The predicted octanol–water partition coefficient (Wildman–Crippen LogP) is 3.99. The van der Waals surface area contributed by atoms with Crippen LogP contribution in [-0.2, 0) is 0 Å². The van der Waals surface area contributed by atoms with E-state index in [1.165, 1.54) is 0 Å². The number of aromatic nitrogens is 1. The van der Waals surface area contributed by atoms with Crippen molar-refractivity contribution in [3.05, 3.63) is 66.2 Å². The molecule has 0 saturated carbocycles. The Morgan fingerprint density at radius 1 is 1.13 bits per heavy atom. The molecular weight excluding hydrogens is 396 g/mol. The number of hydrogen-bond acceptors (Lipinski definition) is 6. The molecule has 0 aliphatic carbocycles. The van der Waals surface area contributed by atoms with Gasteiger partial charge in [0, 0.05) is 17.0 Å². The third-order valence-corrected chi connectivity index (χ3v) is 5.68. The number of aliphatic hydroxyl groups is 1. The highest BCUT2D eigenvalue weighted by Crippen LogP contribution is 2.26. The van der Waals surface area contributed by atoms with E-state index in [4.69, 9.17) is 4.42 Å². The summed E-state index contributed by atoms with van der Waals surface area (Å²) in [6.07, 6.45) is 2.80. The van der Waals surface area contributed by atoms with Crippen LogP contribution in [0.4, 0.5) is 5.69 Å². The van der Waals surface area contributed by atoms with Crippen LogP contribution in [0, 0.1) is 0 Å². The number of fused-ring (bicyclic) bond motifs is 6. The van der Waals surface area contributed by atoms with E-state index < -0.39 is 6.10 Å². The summed E-state index contributed by atoms with van der Waals surface area (Å²) < 4.78 is 10.2. The van der Waals surface area contributed by atoms with E-state index in [2.05, 4.69) is 52.2 Å². The third-order valence-electron chi connectivity index (χ3n) is 5.43. The van der Waals surface area contributed by atoms with Gasteiger partial charge in [-0.2, -0.15) is 4.41 Å². The first-order chi connectivity index (χ1) is 14.7. The third kappa shape index (κ3) is 3.25. The van der Waals surface area contributed by atoms with Crippen molar-refractivity contribution in [3.63, 3.8) is 0 Å². The SMILES string of the molecule is CCCC(O)C1=c2oc3ccccc3c3cc4ccccc4n3cc2NCN(S)N1. The van der Waals surface area contributed by atoms with E-state index in [1.54, 1.807) is 4.41 Å². The summed E-state index contributed by atoms with van der Waals surface area (Å²) in [5, 5.41) is 16.4. The lowest BCUT2D eigenvalue weighted by Gasteiger charge is -2.19. The first-order valence-electron chi connectivity index (χ1n) is 10.1. The maximum absolute atomic E-state index is 10.9. The summed E-state index contributed by atoms with van der Waals surface area (Å²) in [5.41, 5.74) is 8.03. The zero-order valence-electron chi connectivity index (χ0n) is 16.7. The molecule has 0 amide bonds. The largest absolute Gasteiger partial charge is 0.452 e. The molecule has 3 N–H and O–H groups in total. The monoisotopic (exact) mass is 420 g/mol. The molecule has 0 spiro atoms. The number of nitrogens with one attached hydrogen (secondary N) is 2. The molecule has 1 unspecified atom stereocenters. The molecule has 4 aromatic rings. The zero-order chi connectivity index (χ0) is 20.7. The first-order valence-corrected chi connectivity index (χ1v) is 10.5. The van der Waals surface area contributed by atoms with E-state index in [-0.39, 0.29) is 0 Å². The Labute approximate surface area is 179 Å². The summed E-state index contributed by atoms with van der Waals surface area (Å²) in [4.78, 5) is 0. The van der Waals surface area contributed by atoms with Crippen molar-refractivity contribution in [1.29, 1.82) is 0 Å². The van der Waals surface area contributed by atoms with Crippen molar-refractivity contribution < 1.29 is 9.52 Å². The van der Waals surface area contributed by atoms with Crippen LogP contribution in [0.2, 0.25) is 0 Å². The van der Waals surface area contributed by atoms with Crippen LogP contribution >= 0.6 is 12.8 Å². The van der Waals surface area contributed by atoms with Crippen LogP contribution in [0.1, 0.15) is 19.8 Å². The molecule has 1 aliphatic rings. The minimum Gasteiger partial charge on any atom is -0.452 e. The fourth-order valence-electron chi connectivity index (χ4n) is 4.00. The Bertz CT molecular complexity index is 1340. The highest BCUT2D eigenvalue weighted by molar-refractivity contribution is 7.77. The quantitative estimate of drug-likeness (QED) is 0.378. The van der Waals surface area contributed by atoms with Crippen molar-refractivity contribution in [2.24, 2.45) is 0 Å². The molecule has 0 bridgehead atoms. The summed E-state index contributed by atoms with van der Waals surface area (Å²) in [5.74, 6) is 0. The van der Waals surface area contributed by atoms with Crippen LogP contribution in [0.3, 0.4) is 0 Å². The zero-order valence-corrected chi connectivity index (χ0v) is 17.6. The highest BCUT2D eigenvalue weighted by atomic mass is 32.1. The number of benzene rings is 2. The molecule has 0 fully saturated rings. The second kappa shape index (κ2) is 7.75. The predicted molar refractivity (Wildman–Crippen MR) is 124 cm³/mol. The van der Waals surface area contributed by atoms with Crippen LogP contribution in [-0.4, -0.2) is 26.7 Å². The molecular formula is C23H24N4O2S. The lowest BCUT2D eigenvalue weighted by molar-refractivity contribution is 0.204. The average Bonchev–Trinajstić information content (AvgIpc) is 3.02. The number of rotatable bonds is 3. The van der Waals surface area contributed by atoms with Gasteiger partial charge in [0.15, 0.2) is 5.42 Å². The lowest BCUT2D eigenvalue weighted by atomic mass is 10.1. The maximum atomic E-state index is 10.9. The van der Waals surface area contributed by atoms with Gasteiger partial charge in [0.25, 0.3) is 0 Å². The molecule has 1 atom stereocenters. The maximum Gasteiger partial charge on any atom is 0.175 e. The van der Waals surface area contributed by atoms with Gasteiger partial charge in [-0.15, -0.1) is 0 Å². The van der Waals surface area contributed by atoms with E-state index in [0.29, 0.717) is 24.2 Å². The van der Waals surface area contributed by atoms with Gasteiger partial charge in [-0.3, -0.25) is 0 Å². The molecule has 5 rings (SSSR count). The van der Waals surface area contributed by atoms with Gasteiger partial charge in [0.2, 0.25) is 0 Å². The van der Waals surface area contributed by atoms with Crippen molar-refractivity contribution in [2.75, 3.05) is 12.0 Å². The molecule has 30 heavy (non-hydrogen) atoms. The highest BCUT2D eigenvalue weighted by Gasteiger charge is 2.20. The van der Waals surface area contributed by atoms with Gasteiger partial charge in [0.1, 0.15) is 11.3 Å². The standard InChI is InChI=1S/C23H24N4O2S/c1-2-7-20(28)22-23-17(24-14-27(30)25-22)13-26-18-10-5-3-8-15(18)12-19(26)16-9-4-6-11-21(16)29-23/h3-6,8-13,20,24-25,28,30H,2,7,14H2,1H3. The number of aliphatic hydroxyl groups excluding tert-OH is 1. The second-order valence-electron chi connectivity index (χ2n) is 7.49. The second-order valence-corrected chi connectivity index (χ2v) is 7.98. The Hall–Kier alpha value is -2.87. The van der Waals surface area contributed by atoms with Gasteiger partial charge in [-0.25, -0.2) is 0 Å². The van der Waals surface area contributed by atoms with Crippen molar-refractivity contribution in [3.8, 4) is 0 Å². The van der Waals surface area contributed by atoms with Gasteiger partial charge in [-0.1, -0.05) is 56.5 Å². The number of hydrogen-bond donors (Lipinski definition) is 4. The fourth-order valence-corrected chi connectivity index (χ4v) is 4.18. The van der Waals surface area contributed by atoms with E-state index in [9.17, 15) is 5.11 Å². The van der Waals surface area contributed by atoms with Crippen LogP contribution in [0.25, 0.3) is 33.1 Å². The topological polar surface area (TPSA) is 65.1 Å². The Kier molecular flexibility index (Phi) is 4.94. The lowest BCUT2D eigenvalue weighted by Crippen LogP contribution is -2.36. The van der Waals surface area contributed by atoms with Crippen LogP contribution in [0.5, 0.6) is 0 Å². The summed E-state index contributed by atoms with van der Waals surface area (Å²) >= 11 is 4.47. The van der Waals surface area contributed by atoms with Crippen LogP contribution in [0.15, 0.2) is 65.2 Å². The molecule has 1 aliphatic heterocycles. The van der Waals surface area contributed by atoms with Gasteiger partial charge < -0.3 is 24.7 Å². The van der Waals surface area contributed by atoms with Crippen molar-refractivity contribution >= 4 is 51.6 Å².